The zero-order valence-electron chi connectivity index (χ0n) is 16.2. The lowest BCUT2D eigenvalue weighted by Gasteiger charge is -2.17. The molecule has 0 aliphatic carbocycles. The molecular weight excluding hydrogens is 378 g/mol. The van der Waals surface area contributed by atoms with E-state index in [1.807, 2.05) is 26.0 Å². The Labute approximate surface area is 166 Å². The number of carbonyl (C=O) groups is 2. The minimum Gasteiger partial charge on any atom is -0.351 e. The lowest BCUT2D eigenvalue weighted by Crippen LogP contribution is -2.36. The van der Waals surface area contributed by atoms with Crippen LogP contribution in [0.4, 0.5) is 14.5 Å². The first kappa shape index (κ1) is 20.4. The number of anilines is 1. The van der Waals surface area contributed by atoms with E-state index in [1.165, 1.54) is 0 Å². The summed E-state index contributed by atoms with van der Waals surface area (Å²) in [4.78, 5) is 26.6. The number of carbonyl (C=O) groups excluding carboxylic acids is 2. The van der Waals surface area contributed by atoms with Gasteiger partial charge in [-0.15, -0.1) is 0 Å². The van der Waals surface area contributed by atoms with E-state index in [0.29, 0.717) is 24.2 Å². The molecule has 1 aliphatic rings. The third-order valence-corrected chi connectivity index (χ3v) is 4.65. The summed E-state index contributed by atoms with van der Waals surface area (Å²) < 4.78 is 26.4. The largest absolute Gasteiger partial charge is 0.351 e. The van der Waals surface area contributed by atoms with Crippen molar-refractivity contribution in [2.24, 2.45) is 5.92 Å². The van der Waals surface area contributed by atoms with E-state index in [-0.39, 0.29) is 12.5 Å². The first-order valence-corrected chi connectivity index (χ1v) is 9.48. The fraction of sp³-hybridized carbons (Fsp3) is 0.286. The maximum absolute atomic E-state index is 13.2. The number of fused-ring (bicyclic) bond motifs is 1. The van der Waals surface area contributed by atoms with Gasteiger partial charge in [-0.2, -0.15) is 5.10 Å². The number of H-pyrrole nitrogens is 1. The molecule has 29 heavy (non-hydrogen) atoms. The van der Waals surface area contributed by atoms with Crippen molar-refractivity contribution in [3.63, 3.8) is 0 Å². The van der Waals surface area contributed by atoms with Gasteiger partial charge in [-0.1, -0.05) is 13.8 Å². The highest BCUT2D eigenvalue weighted by molar-refractivity contribution is 6.10. The predicted molar refractivity (Wildman–Crippen MR) is 106 cm³/mol. The summed E-state index contributed by atoms with van der Waals surface area (Å²) in [6.45, 7) is 4.38. The summed E-state index contributed by atoms with van der Waals surface area (Å²) in [5.74, 6) is -2.98. The lowest BCUT2D eigenvalue weighted by atomic mass is 10.1. The third-order valence-electron chi connectivity index (χ3n) is 4.65. The third kappa shape index (κ3) is 4.42. The van der Waals surface area contributed by atoms with Crippen LogP contribution in [0.5, 0.6) is 0 Å². The highest BCUT2D eigenvalue weighted by Crippen LogP contribution is 2.27. The molecule has 1 unspecified atom stereocenters. The predicted octanol–water partition coefficient (Wildman–Crippen LogP) is 3.54. The first-order valence-electron chi connectivity index (χ1n) is 9.48. The molecule has 8 heteroatoms. The van der Waals surface area contributed by atoms with E-state index in [2.05, 4.69) is 15.5 Å². The summed E-state index contributed by atoms with van der Waals surface area (Å²) in [5.41, 5.74) is 1.87. The normalized spacial score (nSPS) is 15.9. The van der Waals surface area contributed by atoms with Crippen LogP contribution in [0.3, 0.4) is 0 Å². The number of hydrogen-bond acceptors (Lipinski definition) is 3. The van der Waals surface area contributed by atoms with Crippen LogP contribution < -0.4 is 10.2 Å². The van der Waals surface area contributed by atoms with Gasteiger partial charge >= 0.3 is 0 Å². The van der Waals surface area contributed by atoms with Gasteiger partial charge in [-0.3, -0.25) is 14.7 Å². The molecule has 1 fully saturated rings. The van der Waals surface area contributed by atoms with E-state index in [1.54, 1.807) is 17.2 Å². The van der Waals surface area contributed by atoms with Crippen LogP contribution in [0.25, 0.3) is 10.9 Å². The second-order valence-electron chi connectivity index (χ2n) is 6.47. The molecule has 1 aliphatic heterocycles. The molecule has 1 saturated heterocycles. The van der Waals surface area contributed by atoms with Crippen LogP contribution in [-0.4, -0.2) is 28.6 Å². The van der Waals surface area contributed by atoms with E-state index in [0.717, 1.165) is 29.1 Å². The SMILES string of the molecule is CC.O=C(NCc1cc(F)cc(F)c1)C1CCN(c2ccc3[nH]ncc3c2)C1=O. The molecule has 0 saturated carbocycles. The van der Waals surface area contributed by atoms with E-state index in [9.17, 15) is 18.4 Å². The molecule has 2 amide bonds. The van der Waals surface area contributed by atoms with Gasteiger partial charge < -0.3 is 10.2 Å². The van der Waals surface area contributed by atoms with Gasteiger partial charge in [0.05, 0.1) is 11.7 Å². The van der Waals surface area contributed by atoms with Crippen molar-refractivity contribution in [3.8, 4) is 0 Å². The Morgan fingerprint density at radius 1 is 1.21 bits per heavy atom. The monoisotopic (exact) mass is 400 g/mol. The van der Waals surface area contributed by atoms with E-state index >= 15 is 0 Å². The number of nitrogens with one attached hydrogen (secondary N) is 2. The number of nitrogens with zero attached hydrogens (tertiary/aromatic N) is 2. The molecule has 152 valence electrons. The van der Waals surface area contributed by atoms with Crippen LogP contribution >= 0.6 is 0 Å². The Balaban J connectivity index is 0.00000117. The Morgan fingerprint density at radius 2 is 1.93 bits per heavy atom. The molecule has 0 bridgehead atoms. The maximum Gasteiger partial charge on any atom is 0.239 e. The Kier molecular flexibility index (Phi) is 6.21. The van der Waals surface area contributed by atoms with Crippen LogP contribution in [-0.2, 0) is 16.1 Å². The second kappa shape index (κ2) is 8.81. The number of rotatable bonds is 4. The zero-order valence-corrected chi connectivity index (χ0v) is 16.2. The number of aromatic nitrogens is 2. The van der Waals surface area contributed by atoms with Crippen molar-refractivity contribution in [3.05, 3.63) is 59.8 Å². The summed E-state index contributed by atoms with van der Waals surface area (Å²) in [5, 5.41) is 10.3. The minimum atomic E-state index is -0.816. The van der Waals surface area contributed by atoms with E-state index in [4.69, 9.17) is 0 Å². The van der Waals surface area contributed by atoms with Crippen molar-refractivity contribution < 1.29 is 18.4 Å². The molecular formula is C21H22F2N4O2. The van der Waals surface area contributed by atoms with Crippen LogP contribution in [0.2, 0.25) is 0 Å². The molecule has 2 aromatic carbocycles. The minimum absolute atomic E-state index is 0.0434. The maximum atomic E-state index is 13.2. The van der Waals surface area contributed by atoms with Gasteiger partial charge in [0.2, 0.25) is 11.8 Å². The lowest BCUT2D eigenvalue weighted by molar-refractivity contribution is -0.132. The van der Waals surface area contributed by atoms with Gasteiger partial charge in [-0.05, 0) is 42.3 Å². The Hall–Kier alpha value is -3.29. The molecule has 0 spiro atoms. The molecule has 6 nitrogen and oxygen atoms in total. The molecule has 1 aromatic heterocycles. The molecule has 3 aromatic rings. The van der Waals surface area contributed by atoms with Crippen molar-refractivity contribution >= 4 is 28.4 Å². The quantitative estimate of drug-likeness (QED) is 0.658. The summed E-state index contributed by atoms with van der Waals surface area (Å²) >= 11 is 0. The Bertz CT molecular complexity index is 1010. The number of aromatic amines is 1. The zero-order chi connectivity index (χ0) is 21.0. The highest BCUT2D eigenvalue weighted by Gasteiger charge is 2.37. The van der Waals surface area contributed by atoms with Gasteiger partial charge in [-0.25, -0.2) is 8.78 Å². The fourth-order valence-corrected chi connectivity index (χ4v) is 3.30. The van der Waals surface area contributed by atoms with Gasteiger partial charge in [0.15, 0.2) is 0 Å². The fourth-order valence-electron chi connectivity index (χ4n) is 3.30. The van der Waals surface area contributed by atoms with Crippen LogP contribution in [0, 0.1) is 17.6 Å². The number of halogens is 2. The van der Waals surface area contributed by atoms with Gasteiger partial charge in [0.1, 0.15) is 17.6 Å². The molecule has 2 heterocycles. The van der Waals surface area contributed by atoms with E-state index < -0.39 is 23.5 Å². The molecule has 1 atom stereocenters. The smallest absolute Gasteiger partial charge is 0.239 e. The molecule has 0 radical (unpaired) electrons. The Morgan fingerprint density at radius 3 is 2.66 bits per heavy atom. The average Bonchev–Trinajstić information content (AvgIpc) is 3.32. The van der Waals surface area contributed by atoms with Gasteiger partial charge in [0, 0.05) is 30.2 Å². The summed E-state index contributed by atoms with van der Waals surface area (Å²) in [7, 11) is 0. The van der Waals surface area contributed by atoms with Crippen LogP contribution in [0.1, 0.15) is 25.8 Å². The highest BCUT2D eigenvalue weighted by atomic mass is 19.1. The van der Waals surface area contributed by atoms with Crippen molar-refractivity contribution in [1.29, 1.82) is 0 Å². The van der Waals surface area contributed by atoms with Crippen molar-refractivity contribution in [2.45, 2.75) is 26.8 Å². The van der Waals surface area contributed by atoms with Crippen molar-refractivity contribution in [2.75, 3.05) is 11.4 Å². The average molecular weight is 400 g/mol. The van der Waals surface area contributed by atoms with Gasteiger partial charge in [0.25, 0.3) is 0 Å². The van der Waals surface area contributed by atoms with Crippen molar-refractivity contribution in [1.82, 2.24) is 15.5 Å². The summed E-state index contributed by atoms with van der Waals surface area (Å²) in [6, 6.07) is 8.52. The van der Waals surface area contributed by atoms with Crippen LogP contribution in [0.15, 0.2) is 42.6 Å². The topological polar surface area (TPSA) is 78.1 Å². The number of benzene rings is 2. The molecule has 2 N–H and O–H groups in total. The number of hydrogen-bond donors (Lipinski definition) is 2. The first-order chi connectivity index (χ1) is 14.0. The number of amides is 2. The summed E-state index contributed by atoms with van der Waals surface area (Å²) in [6.07, 6.45) is 2.05. The molecule has 4 rings (SSSR count). The standard InChI is InChI=1S/C19H16F2N4O2.C2H6/c20-13-5-11(6-14(21)8-13)9-22-18(26)16-3-4-25(19(16)27)15-1-2-17-12(7-15)10-23-24-17;1-2/h1-2,5-8,10,16H,3-4,9H2,(H,22,26)(H,23,24);1-2H3. The second-order valence-corrected chi connectivity index (χ2v) is 6.47.